The molecule has 2 aliphatic rings. The number of carbonyl (C=O) groups is 1. The van der Waals surface area contributed by atoms with Crippen molar-refractivity contribution in [3.05, 3.63) is 71.3 Å². The van der Waals surface area contributed by atoms with Crippen LogP contribution < -0.4 is 10.6 Å². The summed E-state index contributed by atoms with van der Waals surface area (Å²) in [7, 11) is -2.81. The van der Waals surface area contributed by atoms with Gasteiger partial charge in [0, 0.05) is 30.1 Å². The maximum Gasteiger partial charge on any atom is 0.251 e. The minimum absolute atomic E-state index is 0.0655. The number of hydrogen-bond donors (Lipinski definition) is 2. The Bertz CT molecular complexity index is 912. The van der Waals surface area contributed by atoms with Crippen LogP contribution in [0.4, 0.5) is 0 Å². The second-order valence-electron chi connectivity index (χ2n) is 7.83. The lowest BCUT2D eigenvalue weighted by Gasteiger charge is -2.23. The van der Waals surface area contributed by atoms with Crippen molar-refractivity contribution in [3.63, 3.8) is 0 Å². The van der Waals surface area contributed by atoms with E-state index in [1.807, 2.05) is 54.6 Å². The molecule has 2 aromatic rings. The van der Waals surface area contributed by atoms with Gasteiger partial charge in [-0.3, -0.25) is 4.79 Å². The molecule has 1 amide bonds. The average Bonchev–Trinajstić information content (AvgIpc) is 3.48. The van der Waals surface area contributed by atoms with Crippen LogP contribution in [0.15, 0.2) is 54.6 Å². The molecule has 5 nitrogen and oxygen atoms in total. The van der Waals surface area contributed by atoms with Crippen LogP contribution in [0.5, 0.6) is 0 Å². The predicted octanol–water partition coefficient (Wildman–Crippen LogP) is 2.64. The van der Waals surface area contributed by atoms with E-state index in [9.17, 15) is 13.2 Å². The third kappa shape index (κ3) is 4.80. The van der Waals surface area contributed by atoms with Gasteiger partial charge in [0.15, 0.2) is 0 Å². The van der Waals surface area contributed by atoms with Crippen molar-refractivity contribution in [3.8, 4) is 0 Å². The summed E-state index contributed by atoms with van der Waals surface area (Å²) in [5, 5.41) is 6.56. The van der Waals surface area contributed by atoms with E-state index >= 15 is 0 Å². The molecule has 148 valence electrons. The van der Waals surface area contributed by atoms with E-state index in [0.29, 0.717) is 54.5 Å². The number of hydrogen-bond acceptors (Lipinski definition) is 4. The van der Waals surface area contributed by atoms with E-state index in [4.69, 9.17) is 0 Å². The van der Waals surface area contributed by atoms with Crippen molar-refractivity contribution >= 4 is 15.7 Å². The van der Waals surface area contributed by atoms with E-state index in [2.05, 4.69) is 10.6 Å². The summed E-state index contributed by atoms with van der Waals surface area (Å²) in [5.74, 6) is 0.994. The Kier molecular flexibility index (Phi) is 5.51. The first-order chi connectivity index (χ1) is 13.5. The summed E-state index contributed by atoms with van der Waals surface area (Å²) < 4.78 is 23.1. The van der Waals surface area contributed by atoms with Gasteiger partial charge in [-0.05, 0) is 42.5 Å². The van der Waals surface area contributed by atoms with E-state index in [-0.39, 0.29) is 5.91 Å². The number of sulfone groups is 1. The van der Waals surface area contributed by atoms with Gasteiger partial charge in [0.2, 0.25) is 0 Å². The summed E-state index contributed by atoms with van der Waals surface area (Å²) in [5.41, 5.74) is 2.98. The molecule has 1 saturated heterocycles. The molecule has 2 fully saturated rings. The van der Waals surface area contributed by atoms with Gasteiger partial charge in [0.25, 0.3) is 5.91 Å². The van der Waals surface area contributed by atoms with Crippen molar-refractivity contribution in [2.45, 2.75) is 43.8 Å². The van der Waals surface area contributed by atoms with E-state index in [1.54, 1.807) is 0 Å². The Hall–Kier alpha value is -2.18. The number of carbonyl (C=O) groups excluding carboxylic acids is 1. The highest BCUT2D eigenvalue weighted by atomic mass is 32.2. The molecule has 1 heterocycles. The molecule has 0 bridgehead atoms. The van der Waals surface area contributed by atoms with Gasteiger partial charge in [-0.1, -0.05) is 42.5 Å². The van der Waals surface area contributed by atoms with Crippen molar-refractivity contribution in [2.24, 2.45) is 0 Å². The quantitative estimate of drug-likeness (QED) is 0.784. The normalized spacial score (nSPS) is 23.9. The smallest absolute Gasteiger partial charge is 0.251 e. The maximum absolute atomic E-state index is 12.3. The summed E-state index contributed by atoms with van der Waals surface area (Å²) in [6.45, 7) is 0.521. The highest BCUT2D eigenvalue weighted by Gasteiger charge is 2.40. The molecule has 0 unspecified atom stereocenters. The van der Waals surface area contributed by atoms with Gasteiger partial charge < -0.3 is 10.6 Å². The van der Waals surface area contributed by atoms with E-state index < -0.39 is 9.84 Å². The van der Waals surface area contributed by atoms with Crippen LogP contribution in [-0.2, 0) is 16.4 Å². The Morgan fingerprint density at radius 1 is 0.964 bits per heavy atom. The number of nitrogens with one attached hydrogen (secondary N) is 2. The highest BCUT2D eigenvalue weighted by molar-refractivity contribution is 7.91. The molecular formula is C22H26N2O3S. The van der Waals surface area contributed by atoms with Crippen LogP contribution in [-0.4, -0.2) is 37.9 Å². The molecular weight excluding hydrogens is 372 g/mol. The molecule has 1 saturated carbocycles. The molecule has 2 N–H and O–H groups in total. The van der Waals surface area contributed by atoms with Gasteiger partial charge in [-0.2, -0.15) is 0 Å². The predicted molar refractivity (Wildman–Crippen MR) is 110 cm³/mol. The molecule has 0 spiro atoms. The van der Waals surface area contributed by atoms with Crippen LogP contribution in [0, 0.1) is 0 Å². The molecule has 2 atom stereocenters. The van der Waals surface area contributed by atoms with Gasteiger partial charge in [-0.25, -0.2) is 8.42 Å². The Morgan fingerprint density at radius 2 is 1.64 bits per heavy atom. The van der Waals surface area contributed by atoms with Crippen molar-refractivity contribution in [2.75, 3.05) is 11.5 Å². The average molecular weight is 399 g/mol. The summed E-state index contributed by atoms with van der Waals surface area (Å²) in [4.78, 5) is 12.3. The molecule has 6 heteroatoms. The van der Waals surface area contributed by atoms with Crippen LogP contribution in [0.1, 0.15) is 46.7 Å². The van der Waals surface area contributed by atoms with Gasteiger partial charge >= 0.3 is 0 Å². The van der Waals surface area contributed by atoms with Crippen molar-refractivity contribution < 1.29 is 13.2 Å². The largest absolute Gasteiger partial charge is 0.348 e. The number of rotatable bonds is 6. The second-order valence-corrected chi connectivity index (χ2v) is 10.1. The number of amides is 1. The number of benzene rings is 2. The summed E-state index contributed by atoms with van der Waals surface area (Å²) >= 11 is 0. The van der Waals surface area contributed by atoms with Crippen LogP contribution in [0.2, 0.25) is 0 Å². The lowest BCUT2D eigenvalue weighted by atomic mass is 10.1. The van der Waals surface area contributed by atoms with Crippen molar-refractivity contribution in [1.82, 2.24) is 10.6 Å². The molecule has 28 heavy (non-hydrogen) atoms. The fourth-order valence-electron chi connectivity index (χ4n) is 3.87. The molecule has 4 rings (SSSR count). The lowest BCUT2D eigenvalue weighted by Crippen LogP contribution is -2.39. The third-order valence-corrected chi connectivity index (χ3v) is 7.41. The molecule has 1 aliphatic carbocycles. The topological polar surface area (TPSA) is 75.3 Å². The summed E-state index contributed by atoms with van der Waals surface area (Å²) in [6, 6.07) is 18.4. The first kappa shape index (κ1) is 19.2. The third-order valence-electron chi connectivity index (χ3n) is 5.69. The zero-order valence-electron chi connectivity index (χ0n) is 15.8. The second kappa shape index (κ2) is 8.05. The van der Waals surface area contributed by atoms with Crippen LogP contribution in [0.3, 0.4) is 0 Å². The van der Waals surface area contributed by atoms with E-state index in [0.717, 1.165) is 12.0 Å². The minimum Gasteiger partial charge on any atom is -0.348 e. The monoisotopic (exact) mass is 398 g/mol. The van der Waals surface area contributed by atoms with Gasteiger partial charge in [0.05, 0.1) is 11.5 Å². The fourth-order valence-corrected chi connectivity index (χ4v) is 5.36. The Balaban J connectivity index is 1.26. The van der Waals surface area contributed by atoms with E-state index in [1.165, 1.54) is 5.56 Å². The Morgan fingerprint density at radius 3 is 2.32 bits per heavy atom. The van der Waals surface area contributed by atoms with Crippen LogP contribution in [0.25, 0.3) is 0 Å². The molecule has 2 aromatic carbocycles. The molecule has 1 aliphatic heterocycles. The minimum atomic E-state index is -2.81. The zero-order valence-corrected chi connectivity index (χ0v) is 16.6. The SMILES string of the molecule is O=C(NCc1ccccc1)c1ccc([C@@H]2C[C@H]2NC2CCS(=O)(=O)CC2)cc1. The lowest BCUT2D eigenvalue weighted by molar-refractivity contribution is 0.0951. The zero-order chi connectivity index (χ0) is 19.6. The van der Waals surface area contributed by atoms with Gasteiger partial charge in [0.1, 0.15) is 9.84 Å². The fraction of sp³-hybridized carbons (Fsp3) is 0.409. The highest BCUT2D eigenvalue weighted by Crippen LogP contribution is 2.41. The van der Waals surface area contributed by atoms with Gasteiger partial charge in [-0.15, -0.1) is 0 Å². The molecule has 0 radical (unpaired) electrons. The Labute approximate surface area is 166 Å². The first-order valence-corrected chi connectivity index (χ1v) is 11.7. The maximum atomic E-state index is 12.3. The van der Waals surface area contributed by atoms with Crippen molar-refractivity contribution in [1.29, 1.82) is 0 Å². The standard InChI is InChI=1S/C22H26N2O3S/c25-22(23-15-16-4-2-1-3-5-16)18-8-6-17(7-9-18)20-14-21(20)24-19-10-12-28(26,27)13-11-19/h1-9,19-21,24H,10-15H2,(H,23,25)/t20-,21+/m0/s1. The first-order valence-electron chi connectivity index (χ1n) is 9.89. The molecule has 0 aromatic heterocycles. The summed E-state index contributed by atoms with van der Waals surface area (Å²) in [6.07, 6.45) is 2.50. The van der Waals surface area contributed by atoms with Crippen LogP contribution >= 0.6 is 0 Å².